The van der Waals surface area contributed by atoms with E-state index in [1.165, 1.54) is 18.1 Å². The van der Waals surface area contributed by atoms with E-state index in [1.54, 1.807) is 7.11 Å². The molecule has 0 aliphatic carbocycles. The van der Waals surface area contributed by atoms with Gasteiger partial charge in [0.05, 0.1) is 7.11 Å². The molecule has 0 aliphatic heterocycles. The van der Waals surface area contributed by atoms with Gasteiger partial charge in [0.2, 0.25) is 5.91 Å². The molecule has 0 saturated carbocycles. The van der Waals surface area contributed by atoms with Crippen molar-refractivity contribution in [3.63, 3.8) is 0 Å². The Morgan fingerprint density at radius 2 is 1.94 bits per heavy atom. The van der Waals surface area contributed by atoms with Crippen LogP contribution < -0.4 is 10.1 Å². The number of rotatable bonds is 4. The average Bonchev–Trinajstić information content (AvgIpc) is 2.22. The van der Waals surface area contributed by atoms with Gasteiger partial charge >= 0.3 is 0 Å². The fourth-order valence-corrected chi connectivity index (χ4v) is 1.61. The Labute approximate surface area is 96.8 Å². The summed E-state index contributed by atoms with van der Waals surface area (Å²) in [5.74, 6) is 0.899. The lowest BCUT2D eigenvalue weighted by Gasteiger charge is -2.11. The first-order chi connectivity index (χ1) is 7.54. The van der Waals surface area contributed by atoms with E-state index < -0.39 is 0 Å². The summed E-state index contributed by atoms with van der Waals surface area (Å²) in [5.41, 5.74) is 3.61. The molecule has 0 saturated heterocycles. The van der Waals surface area contributed by atoms with Gasteiger partial charge in [-0.2, -0.15) is 0 Å². The van der Waals surface area contributed by atoms with Crippen LogP contribution in [-0.4, -0.2) is 19.6 Å². The van der Waals surface area contributed by atoms with Gasteiger partial charge < -0.3 is 10.1 Å². The van der Waals surface area contributed by atoms with Crippen molar-refractivity contribution in [3.8, 4) is 5.75 Å². The van der Waals surface area contributed by atoms with Crippen LogP contribution in [0.2, 0.25) is 0 Å². The van der Waals surface area contributed by atoms with Gasteiger partial charge in [0.25, 0.3) is 0 Å². The molecule has 3 heteroatoms. The van der Waals surface area contributed by atoms with Crippen LogP contribution in [0.1, 0.15) is 23.6 Å². The summed E-state index contributed by atoms with van der Waals surface area (Å²) in [5, 5.41) is 2.78. The van der Waals surface area contributed by atoms with Crippen LogP contribution in [0.25, 0.3) is 0 Å². The fraction of sp³-hybridized carbons (Fsp3) is 0.462. The van der Waals surface area contributed by atoms with Crippen molar-refractivity contribution in [2.45, 2.75) is 27.2 Å². The minimum atomic E-state index is 0.00259. The summed E-state index contributed by atoms with van der Waals surface area (Å²) >= 11 is 0. The van der Waals surface area contributed by atoms with Gasteiger partial charge in [0, 0.05) is 13.5 Å². The third kappa shape index (κ3) is 3.26. The third-order valence-electron chi connectivity index (χ3n) is 2.67. The number of nitrogens with one attached hydrogen (secondary N) is 1. The predicted octanol–water partition coefficient (Wildman–Crippen LogP) is 1.99. The van der Waals surface area contributed by atoms with E-state index in [2.05, 4.69) is 25.2 Å². The van der Waals surface area contributed by atoms with Crippen LogP contribution in [0.4, 0.5) is 0 Å². The van der Waals surface area contributed by atoms with Crippen molar-refractivity contribution in [2.24, 2.45) is 0 Å². The number of hydrogen-bond acceptors (Lipinski definition) is 2. The molecule has 0 fully saturated rings. The highest BCUT2D eigenvalue weighted by Gasteiger charge is 2.05. The lowest BCUT2D eigenvalue weighted by molar-refractivity contribution is -0.118. The molecule has 88 valence electrons. The van der Waals surface area contributed by atoms with Crippen molar-refractivity contribution in [1.29, 1.82) is 0 Å². The van der Waals surface area contributed by atoms with Crippen LogP contribution in [0, 0.1) is 13.8 Å². The predicted molar refractivity (Wildman–Crippen MR) is 64.9 cm³/mol. The first-order valence-corrected chi connectivity index (χ1v) is 5.43. The zero-order chi connectivity index (χ0) is 12.1. The molecule has 1 amide bonds. The van der Waals surface area contributed by atoms with Crippen molar-refractivity contribution >= 4 is 5.91 Å². The third-order valence-corrected chi connectivity index (χ3v) is 2.67. The second kappa shape index (κ2) is 5.54. The van der Waals surface area contributed by atoms with Gasteiger partial charge in [-0.25, -0.2) is 0 Å². The molecule has 3 nitrogen and oxygen atoms in total. The van der Waals surface area contributed by atoms with Crippen LogP contribution in [0.15, 0.2) is 12.1 Å². The maximum absolute atomic E-state index is 10.8. The molecule has 0 aliphatic rings. The van der Waals surface area contributed by atoms with Gasteiger partial charge in [-0.3, -0.25) is 4.79 Å². The second-order valence-electron chi connectivity index (χ2n) is 3.98. The molecule has 1 aromatic rings. The Balaban J connectivity index is 2.77. The number of hydrogen-bond donors (Lipinski definition) is 1. The Morgan fingerprint density at radius 3 is 2.50 bits per heavy atom. The van der Waals surface area contributed by atoms with Gasteiger partial charge in [-0.15, -0.1) is 0 Å². The number of carbonyl (C=O) groups is 1. The molecule has 1 N–H and O–H groups in total. The molecule has 16 heavy (non-hydrogen) atoms. The fourth-order valence-electron chi connectivity index (χ4n) is 1.61. The van der Waals surface area contributed by atoms with Crippen molar-refractivity contribution in [2.75, 3.05) is 13.7 Å². The Hall–Kier alpha value is -1.51. The molecule has 0 unspecified atom stereocenters. The summed E-state index contributed by atoms with van der Waals surface area (Å²) in [6.07, 6.45) is 0.796. The Bertz CT molecular complexity index is 386. The maximum Gasteiger partial charge on any atom is 0.216 e. The van der Waals surface area contributed by atoms with Gasteiger partial charge in [0.15, 0.2) is 0 Å². The van der Waals surface area contributed by atoms with Gasteiger partial charge in [-0.1, -0.05) is 6.07 Å². The quantitative estimate of drug-likeness (QED) is 0.844. The molecular formula is C13H19NO2. The molecule has 0 aromatic heterocycles. The molecule has 1 rings (SSSR count). The molecule has 0 bridgehead atoms. The van der Waals surface area contributed by atoms with E-state index in [4.69, 9.17) is 4.74 Å². The van der Waals surface area contributed by atoms with E-state index in [1.807, 2.05) is 6.07 Å². The van der Waals surface area contributed by atoms with Crippen molar-refractivity contribution in [1.82, 2.24) is 5.32 Å². The lowest BCUT2D eigenvalue weighted by Crippen LogP contribution is -2.22. The maximum atomic E-state index is 10.8. The smallest absolute Gasteiger partial charge is 0.216 e. The van der Waals surface area contributed by atoms with E-state index in [9.17, 15) is 4.79 Å². The summed E-state index contributed by atoms with van der Waals surface area (Å²) in [6, 6.07) is 4.16. The molecular weight excluding hydrogens is 202 g/mol. The average molecular weight is 221 g/mol. The first-order valence-electron chi connectivity index (χ1n) is 5.43. The number of carbonyl (C=O) groups excluding carboxylic acids is 1. The largest absolute Gasteiger partial charge is 0.496 e. The van der Waals surface area contributed by atoms with Crippen molar-refractivity contribution in [3.05, 3.63) is 28.8 Å². The number of aryl methyl sites for hydroxylation is 2. The lowest BCUT2D eigenvalue weighted by atomic mass is 10.0. The minimum absolute atomic E-state index is 0.00259. The zero-order valence-corrected chi connectivity index (χ0v) is 10.4. The highest BCUT2D eigenvalue weighted by molar-refractivity contribution is 5.72. The van der Waals surface area contributed by atoms with Crippen LogP contribution in [0.3, 0.4) is 0 Å². The molecule has 1 aromatic carbocycles. The van der Waals surface area contributed by atoms with E-state index in [0.717, 1.165) is 17.7 Å². The molecule has 0 atom stereocenters. The number of ether oxygens (including phenoxy) is 1. The summed E-state index contributed by atoms with van der Waals surface area (Å²) in [7, 11) is 1.67. The molecule has 0 radical (unpaired) electrons. The van der Waals surface area contributed by atoms with Gasteiger partial charge in [0.1, 0.15) is 5.75 Å². The normalized spacial score (nSPS) is 10.0. The topological polar surface area (TPSA) is 38.3 Å². The number of methoxy groups -OCH3 is 1. The first kappa shape index (κ1) is 12.6. The minimum Gasteiger partial charge on any atom is -0.496 e. The number of benzene rings is 1. The summed E-state index contributed by atoms with van der Waals surface area (Å²) < 4.78 is 5.33. The van der Waals surface area contributed by atoms with E-state index >= 15 is 0 Å². The van der Waals surface area contributed by atoms with E-state index in [-0.39, 0.29) is 5.91 Å². The number of amides is 1. The second-order valence-corrected chi connectivity index (χ2v) is 3.98. The SMILES string of the molecule is COc1cc(C)c(C)cc1CCNC(C)=O. The summed E-state index contributed by atoms with van der Waals surface area (Å²) in [4.78, 5) is 10.8. The highest BCUT2D eigenvalue weighted by atomic mass is 16.5. The molecule has 0 heterocycles. The summed E-state index contributed by atoms with van der Waals surface area (Å²) in [6.45, 7) is 6.32. The molecule has 0 spiro atoms. The Morgan fingerprint density at radius 1 is 1.31 bits per heavy atom. The van der Waals surface area contributed by atoms with E-state index in [0.29, 0.717) is 6.54 Å². The zero-order valence-electron chi connectivity index (χ0n) is 10.4. The van der Waals surface area contributed by atoms with Crippen LogP contribution >= 0.6 is 0 Å². The Kier molecular flexibility index (Phi) is 4.35. The standard InChI is InChI=1S/C13H19NO2/c1-9-7-12(5-6-14-11(3)15)13(16-4)8-10(9)2/h7-8H,5-6H2,1-4H3,(H,14,15). The van der Waals surface area contributed by atoms with Crippen LogP contribution in [-0.2, 0) is 11.2 Å². The van der Waals surface area contributed by atoms with Crippen LogP contribution in [0.5, 0.6) is 5.75 Å². The monoisotopic (exact) mass is 221 g/mol. The van der Waals surface area contributed by atoms with Gasteiger partial charge in [-0.05, 0) is 43.0 Å². The van der Waals surface area contributed by atoms with Crippen molar-refractivity contribution < 1.29 is 9.53 Å². The highest BCUT2D eigenvalue weighted by Crippen LogP contribution is 2.23.